The third-order valence-corrected chi connectivity index (χ3v) is 4.37. The molecule has 1 heterocycles. The molecule has 0 spiro atoms. The predicted octanol–water partition coefficient (Wildman–Crippen LogP) is 2.93. The van der Waals surface area contributed by atoms with E-state index in [1.165, 1.54) is 0 Å². The van der Waals surface area contributed by atoms with Crippen LogP contribution in [0.4, 0.5) is 5.82 Å². The third-order valence-electron chi connectivity index (χ3n) is 4.05. The molecule has 6 heteroatoms. The molecule has 1 aliphatic carbocycles. The molecule has 1 fully saturated rings. The van der Waals surface area contributed by atoms with Crippen LogP contribution in [0.15, 0.2) is 30.5 Å². The highest BCUT2D eigenvalue weighted by Gasteiger charge is 2.32. The Hall–Kier alpha value is -1.85. The number of hydrogen-bond donors (Lipinski definition) is 2. The van der Waals surface area contributed by atoms with Crippen LogP contribution in [0, 0.1) is 12.8 Å². The second-order valence-electron chi connectivity index (χ2n) is 5.65. The van der Waals surface area contributed by atoms with E-state index in [1.54, 1.807) is 10.7 Å². The number of aliphatic hydroxyl groups is 1. The van der Waals surface area contributed by atoms with Crippen molar-refractivity contribution < 1.29 is 9.90 Å². The van der Waals surface area contributed by atoms with Crippen LogP contribution in [0.3, 0.4) is 0 Å². The molecule has 2 unspecified atom stereocenters. The lowest BCUT2D eigenvalue weighted by Gasteiger charge is -2.13. The number of aliphatic hydroxyl groups excluding tert-OH is 1. The highest BCUT2D eigenvalue weighted by Crippen LogP contribution is 2.27. The van der Waals surface area contributed by atoms with Gasteiger partial charge in [0, 0.05) is 11.8 Å². The van der Waals surface area contributed by atoms with E-state index in [4.69, 9.17) is 11.6 Å². The van der Waals surface area contributed by atoms with E-state index in [9.17, 15) is 9.90 Å². The van der Waals surface area contributed by atoms with Gasteiger partial charge < -0.3 is 10.4 Å². The molecule has 5 nitrogen and oxygen atoms in total. The van der Waals surface area contributed by atoms with Crippen LogP contribution >= 0.6 is 11.6 Å². The number of nitrogens with one attached hydrogen (secondary N) is 1. The summed E-state index contributed by atoms with van der Waals surface area (Å²) in [6, 6.07) is 7.39. The van der Waals surface area contributed by atoms with Gasteiger partial charge in [-0.25, -0.2) is 4.68 Å². The first-order valence-electron chi connectivity index (χ1n) is 7.36. The lowest BCUT2D eigenvalue weighted by Crippen LogP contribution is -2.29. The monoisotopic (exact) mass is 319 g/mol. The van der Waals surface area contributed by atoms with Gasteiger partial charge in [0.25, 0.3) is 0 Å². The Bertz CT molecular complexity index is 698. The van der Waals surface area contributed by atoms with Gasteiger partial charge in [-0.3, -0.25) is 4.79 Å². The van der Waals surface area contributed by atoms with Crippen molar-refractivity contribution in [3.8, 4) is 5.69 Å². The van der Waals surface area contributed by atoms with Crippen LogP contribution in [-0.4, -0.2) is 26.9 Å². The first kappa shape index (κ1) is 15.1. The average Bonchev–Trinajstić information content (AvgIpc) is 3.06. The second-order valence-corrected chi connectivity index (χ2v) is 6.06. The summed E-state index contributed by atoms with van der Waals surface area (Å²) in [5.74, 6) is -0.00797. The zero-order valence-electron chi connectivity index (χ0n) is 12.3. The number of amides is 1. The summed E-state index contributed by atoms with van der Waals surface area (Å²) in [7, 11) is 0. The van der Waals surface area contributed by atoms with Gasteiger partial charge >= 0.3 is 0 Å². The van der Waals surface area contributed by atoms with Gasteiger partial charge in [0.05, 0.1) is 22.7 Å². The molecule has 0 bridgehead atoms. The Morgan fingerprint density at radius 3 is 2.86 bits per heavy atom. The second kappa shape index (κ2) is 6.10. The fraction of sp³-hybridized carbons (Fsp3) is 0.375. The molecule has 116 valence electrons. The molecule has 2 N–H and O–H groups in total. The highest BCUT2D eigenvalue weighted by molar-refractivity contribution is 6.32. The maximum Gasteiger partial charge on any atom is 0.231 e. The SMILES string of the molecule is Cc1cn(-c2ccccc2Cl)nc1NC(=O)C1CCCC1O. The van der Waals surface area contributed by atoms with Gasteiger partial charge in [-0.1, -0.05) is 23.7 Å². The smallest absolute Gasteiger partial charge is 0.231 e. The number of hydrogen-bond acceptors (Lipinski definition) is 3. The van der Waals surface area contributed by atoms with Crippen LogP contribution in [0.5, 0.6) is 0 Å². The van der Waals surface area contributed by atoms with Crippen LogP contribution in [0.1, 0.15) is 24.8 Å². The number of rotatable bonds is 3. The topological polar surface area (TPSA) is 67.2 Å². The molecule has 0 aliphatic heterocycles. The van der Waals surface area contributed by atoms with E-state index < -0.39 is 6.10 Å². The van der Waals surface area contributed by atoms with E-state index in [-0.39, 0.29) is 11.8 Å². The fourth-order valence-corrected chi connectivity index (χ4v) is 3.02. The summed E-state index contributed by atoms with van der Waals surface area (Å²) in [4.78, 5) is 12.2. The normalized spacial score (nSPS) is 21.0. The number of carbonyl (C=O) groups is 1. The average molecular weight is 320 g/mol. The minimum Gasteiger partial charge on any atom is -0.392 e. The van der Waals surface area contributed by atoms with Gasteiger partial charge in [0.15, 0.2) is 5.82 Å². The van der Waals surface area contributed by atoms with Crippen LogP contribution in [0.25, 0.3) is 5.69 Å². The number of para-hydroxylation sites is 1. The molecule has 1 aliphatic rings. The van der Waals surface area contributed by atoms with Crippen molar-refractivity contribution in [1.82, 2.24) is 9.78 Å². The van der Waals surface area contributed by atoms with Gasteiger partial charge in [0.1, 0.15) is 0 Å². The minimum absolute atomic E-state index is 0.169. The van der Waals surface area contributed by atoms with Crippen molar-refractivity contribution in [3.05, 3.63) is 41.0 Å². The largest absolute Gasteiger partial charge is 0.392 e. The Morgan fingerprint density at radius 1 is 1.41 bits per heavy atom. The van der Waals surface area contributed by atoms with Crippen LogP contribution in [0.2, 0.25) is 5.02 Å². The Kier molecular flexibility index (Phi) is 4.18. The number of nitrogens with zero attached hydrogens (tertiary/aromatic N) is 2. The van der Waals surface area contributed by atoms with Crippen molar-refractivity contribution in [2.75, 3.05) is 5.32 Å². The zero-order chi connectivity index (χ0) is 15.7. The number of halogens is 1. The number of anilines is 1. The van der Waals surface area contributed by atoms with E-state index in [2.05, 4.69) is 10.4 Å². The quantitative estimate of drug-likeness (QED) is 0.914. The fourth-order valence-electron chi connectivity index (χ4n) is 2.80. The number of aromatic nitrogens is 2. The van der Waals surface area contributed by atoms with Gasteiger partial charge in [0.2, 0.25) is 5.91 Å². The zero-order valence-corrected chi connectivity index (χ0v) is 13.0. The van der Waals surface area contributed by atoms with Gasteiger partial charge in [-0.15, -0.1) is 5.10 Å². The maximum absolute atomic E-state index is 12.2. The maximum atomic E-state index is 12.2. The van der Waals surface area contributed by atoms with Gasteiger partial charge in [-0.05, 0) is 38.3 Å². The van der Waals surface area contributed by atoms with Crippen molar-refractivity contribution >= 4 is 23.3 Å². The molecule has 1 aromatic heterocycles. The molecular weight excluding hydrogens is 302 g/mol. The lowest BCUT2D eigenvalue weighted by atomic mass is 10.1. The lowest BCUT2D eigenvalue weighted by molar-refractivity contribution is -0.122. The minimum atomic E-state index is -0.550. The molecule has 1 saturated carbocycles. The summed E-state index contributed by atoms with van der Waals surface area (Å²) in [5.41, 5.74) is 1.61. The standard InChI is InChI=1S/C16H18ClN3O2/c1-10-9-20(13-7-3-2-6-12(13)17)19-15(10)18-16(22)11-5-4-8-14(11)21/h2-3,6-7,9,11,14,21H,4-5,8H2,1H3,(H,18,19,22). The molecule has 2 aromatic rings. The van der Waals surface area contributed by atoms with Crippen molar-refractivity contribution in [1.29, 1.82) is 0 Å². The summed E-state index contributed by atoms with van der Waals surface area (Å²) in [6.45, 7) is 1.88. The van der Waals surface area contributed by atoms with E-state index in [0.717, 1.165) is 24.1 Å². The van der Waals surface area contributed by atoms with E-state index in [0.29, 0.717) is 17.3 Å². The Labute approximate surface area is 133 Å². The molecule has 3 rings (SSSR count). The summed E-state index contributed by atoms with van der Waals surface area (Å²) < 4.78 is 1.65. The predicted molar refractivity (Wildman–Crippen MR) is 85.3 cm³/mol. The van der Waals surface area contributed by atoms with E-state index >= 15 is 0 Å². The van der Waals surface area contributed by atoms with Crippen molar-refractivity contribution in [3.63, 3.8) is 0 Å². The number of aryl methyl sites for hydroxylation is 1. The third kappa shape index (κ3) is 2.87. The van der Waals surface area contributed by atoms with Crippen LogP contribution in [-0.2, 0) is 4.79 Å². The van der Waals surface area contributed by atoms with Crippen molar-refractivity contribution in [2.45, 2.75) is 32.3 Å². The summed E-state index contributed by atoms with van der Waals surface area (Å²) >= 11 is 6.17. The highest BCUT2D eigenvalue weighted by atomic mass is 35.5. The molecule has 1 aromatic carbocycles. The number of carbonyl (C=O) groups excluding carboxylic acids is 1. The summed E-state index contributed by atoms with van der Waals surface area (Å²) in [5, 5.41) is 17.6. The first-order valence-corrected chi connectivity index (χ1v) is 7.74. The molecule has 1 amide bonds. The summed E-state index contributed by atoms with van der Waals surface area (Å²) in [6.07, 6.45) is 3.56. The van der Waals surface area contributed by atoms with Crippen LogP contribution < -0.4 is 5.32 Å². The van der Waals surface area contributed by atoms with Crippen molar-refractivity contribution in [2.24, 2.45) is 5.92 Å². The molecule has 0 radical (unpaired) electrons. The molecular formula is C16H18ClN3O2. The Morgan fingerprint density at radius 2 is 2.18 bits per heavy atom. The molecule has 0 saturated heterocycles. The molecule has 2 atom stereocenters. The van der Waals surface area contributed by atoms with E-state index in [1.807, 2.05) is 31.3 Å². The number of benzene rings is 1. The van der Waals surface area contributed by atoms with Gasteiger partial charge in [-0.2, -0.15) is 0 Å². The molecule has 22 heavy (non-hydrogen) atoms. The first-order chi connectivity index (χ1) is 10.6. The Balaban J connectivity index is 1.81.